The van der Waals surface area contributed by atoms with Crippen LogP contribution in [-0.2, 0) is 16.1 Å². The van der Waals surface area contributed by atoms with E-state index in [2.05, 4.69) is 10.4 Å². The Morgan fingerprint density at radius 1 is 1.30 bits per heavy atom. The van der Waals surface area contributed by atoms with Crippen molar-refractivity contribution in [2.45, 2.75) is 24.9 Å². The van der Waals surface area contributed by atoms with E-state index in [1.165, 1.54) is 0 Å². The molecule has 2 heterocycles. The van der Waals surface area contributed by atoms with Gasteiger partial charge in [-0.25, -0.2) is 0 Å². The molecule has 0 saturated carbocycles. The lowest BCUT2D eigenvalue weighted by molar-refractivity contribution is -0.124. The fraction of sp³-hybridized carbons (Fsp3) is 0.375. The molecule has 0 unspecified atom stereocenters. The van der Waals surface area contributed by atoms with Crippen molar-refractivity contribution >= 4 is 24.0 Å². The zero-order valence-corrected chi connectivity index (χ0v) is 13.6. The zero-order chi connectivity index (χ0) is 15.4. The van der Waals surface area contributed by atoms with Crippen LogP contribution in [0.1, 0.15) is 18.4 Å². The molecule has 6 nitrogen and oxygen atoms in total. The third-order valence-electron chi connectivity index (χ3n) is 3.95. The Balaban J connectivity index is 0.00000192. The van der Waals surface area contributed by atoms with E-state index in [1.807, 2.05) is 41.2 Å². The summed E-state index contributed by atoms with van der Waals surface area (Å²) < 4.78 is 7.11. The summed E-state index contributed by atoms with van der Waals surface area (Å²) in [6, 6.07) is 9.62. The standard InChI is InChI=1S/C16H20N4O2.ClH/c17-16(6-10-22-11-7-16)15(21)19-14-4-2-13(3-5-14)12-20-9-1-8-18-20;/h1-5,8-9H,6-7,10-12,17H2,(H,19,21);1H. The first-order valence-corrected chi connectivity index (χ1v) is 7.40. The first kappa shape index (κ1) is 17.5. The first-order valence-electron chi connectivity index (χ1n) is 7.40. The highest BCUT2D eigenvalue weighted by atomic mass is 35.5. The van der Waals surface area contributed by atoms with E-state index in [0.717, 1.165) is 11.3 Å². The second-order valence-electron chi connectivity index (χ2n) is 5.62. The number of nitrogens with zero attached hydrogens (tertiary/aromatic N) is 2. The number of ether oxygens (including phenoxy) is 1. The van der Waals surface area contributed by atoms with Gasteiger partial charge in [0.15, 0.2) is 0 Å². The molecule has 0 bridgehead atoms. The molecule has 3 N–H and O–H groups in total. The predicted molar refractivity (Wildman–Crippen MR) is 90.6 cm³/mol. The number of rotatable bonds is 4. The molecule has 1 aromatic carbocycles. The van der Waals surface area contributed by atoms with Gasteiger partial charge < -0.3 is 15.8 Å². The van der Waals surface area contributed by atoms with Gasteiger partial charge in [0.2, 0.25) is 5.91 Å². The molecule has 1 amide bonds. The Kier molecular flexibility index (Phi) is 5.76. The van der Waals surface area contributed by atoms with Crippen molar-refractivity contribution in [3.63, 3.8) is 0 Å². The van der Waals surface area contributed by atoms with E-state index in [4.69, 9.17) is 10.5 Å². The van der Waals surface area contributed by atoms with E-state index >= 15 is 0 Å². The summed E-state index contributed by atoms with van der Waals surface area (Å²) in [5.41, 5.74) is 7.22. The highest BCUT2D eigenvalue weighted by Crippen LogP contribution is 2.20. The van der Waals surface area contributed by atoms with Crippen molar-refractivity contribution < 1.29 is 9.53 Å². The van der Waals surface area contributed by atoms with Crippen LogP contribution in [0.25, 0.3) is 0 Å². The lowest BCUT2D eigenvalue weighted by Crippen LogP contribution is -2.54. The van der Waals surface area contributed by atoms with Gasteiger partial charge in [-0.3, -0.25) is 9.48 Å². The maximum atomic E-state index is 12.3. The minimum Gasteiger partial charge on any atom is -0.381 e. The minimum absolute atomic E-state index is 0. The van der Waals surface area contributed by atoms with Crippen molar-refractivity contribution in [1.29, 1.82) is 0 Å². The maximum Gasteiger partial charge on any atom is 0.244 e. The van der Waals surface area contributed by atoms with Crippen LogP contribution in [0.3, 0.4) is 0 Å². The fourth-order valence-electron chi connectivity index (χ4n) is 2.49. The molecule has 0 atom stereocenters. The Morgan fingerprint density at radius 2 is 2.00 bits per heavy atom. The van der Waals surface area contributed by atoms with Crippen molar-refractivity contribution in [1.82, 2.24) is 9.78 Å². The van der Waals surface area contributed by atoms with Gasteiger partial charge in [0, 0.05) is 31.3 Å². The number of hydrogen-bond donors (Lipinski definition) is 2. The monoisotopic (exact) mass is 336 g/mol. The van der Waals surface area contributed by atoms with Gasteiger partial charge in [0.05, 0.1) is 6.54 Å². The number of nitrogens with two attached hydrogens (primary N) is 1. The molecule has 2 aromatic rings. The molecule has 0 spiro atoms. The number of anilines is 1. The molecule has 1 saturated heterocycles. The van der Waals surface area contributed by atoms with E-state index in [9.17, 15) is 4.79 Å². The molecule has 1 aliphatic rings. The molecule has 0 radical (unpaired) electrons. The Hall–Kier alpha value is -1.89. The molecule has 1 aromatic heterocycles. The zero-order valence-electron chi connectivity index (χ0n) is 12.8. The highest BCUT2D eigenvalue weighted by Gasteiger charge is 2.35. The van der Waals surface area contributed by atoms with E-state index < -0.39 is 5.54 Å². The van der Waals surface area contributed by atoms with Crippen LogP contribution >= 0.6 is 12.4 Å². The average molecular weight is 337 g/mol. The quantitative estimate of drug-likeness (QED) is 0.892. The van der Waals surface area contributed by atoms with Gasteiger partial charge in [0.1, 0.15) is 5.54 Å². The molecular formula is C16H21ClN4O2. The molecule has 7 heteroatoms. The molecule has 0 aliphatic carbocycles. The minimum atomic E-state index is -0.827. The molecule has 124 valence electrons. The average Bonchev–Trinajstić information content (AvgIpc) is 3.03. The number of carbonyl (C=O) groups excluding carboxylic acids is 1. The summed E-state index contributed by atoms with van der Waals surface area (Å²) >= 11 is 0. The van der Waals surface area contributed by atoms with Crippen LogP contribution in [0, 0.1) is 0 Å². The summed E-state index contributed by atoms with van der Waals surface area (Å²) in [5.74, 6) is -0.143. The normalized spacial score (nSPS) is 16.4. The van der Waals surface area contributed by atoms with Gasteiger partial charge >= 0.3 is 0 Å². The van der Waals surface area contributed by atoms with Crippen molar-refractivity contribution in [3.8, 4) is 0 Å². The van der Waals surface area contributed by atoms with Crippen LogP contribution in [0.5, 0.6) is 0 Å². The van der Waals surface area contributed by atoms with Crippen LogP contribution in [0.15, 0.2) is 42.7 Å². The van der Waals surface area contributed by atoms with Crippen molar-refractivity contribution in [2.24, 2.45) is 5.73 Å². The lowest BCUT2D eigenvalue weighted by atomic mass is 9.90. The second kappa shape index (κ2) is 7.59. The lowest BCUT2D eigenvalue weighted by Gasteiger charge is -2.31. The van der Waals surface area contributed by atoms with Crippen LogP contribution in [0.4, 0.5) is 5.69 Å². The van der Waals surface area contributed by atoms with Crippen molar-refractivity contribution in [2.75, 3.05) is 18.5 Å². The van der Waals surface area contributed by atoms with Crippen LogP contribution in [-0.4, -0.2) is 34.4 Å². The maximum absolute atomic E-state index is 12.3. The third-order valence-corrected chi connectivity index (χ3v) is 3.95. The molecule has 23 heavy (non-hydrogen) atoms. The SMILES string of the molecule is Cl.NC1(C(=O)Nc2ccc(Cn3cccn3)cc2)CCOCC1. The van der Waals surface area contributed by atoms with E-state index in [-0.39, 0.29) is 18.3 Å². The summed E-state index contributed by atoms with van der Waals surface area (Å²) in [5, 5.41) is 7.07. The Morgan fingerprint density at radius 3 is 2.61 bits per heavy atom. The Labute approximate surface area is 141 Å². The summed E-state index contributed by atoms with van der Waals surface area (Å²) in [6.07, 6.45) is 4.77. The molecular weight excluding hydrogens is 316 g/mol. The molecule has 1 aliphatic heterocycles. The largest absolute Gasteiger partial charge is 0.381 e. The number of nitrogens with one attached hydrogen (secondary N) is 1. The van der Waals surface area contributed by atoms with E-state index in [1.54, 1.807) is 6.20 Å². The number of aromatic nitrogens is 2. The van der Waals surface area contributed by atoms with E-state index in [0.29, 0.717) is 32.6 Å². The van der Waals surface area contributed by atoms with Gasteiger partial charge in [-0.2, -0.15) is 5.10 Å². The first-order chi connectivity index (χ1) is 10.7. The summed E-state index contributed by atoms with van der Waals surface area (Å²) in [4.78, 5) is 12.3. The number of carbonyl (C=O) groups is 1. The number of halogens is 1. The second-order valence-corrected chi connectivity index (χ2v) is 5.62. The summed E-state index contributed by atoms with van der Waals surface area (Å²) in [7, 11) is 0. The topological polar surface area (TPSA) is 82.2 Å². The number of amides is 1. The number of benzene rings is 1. The van der Waals surface area contributed by atoms with Gasteiger partial charge in [-0.1, -0.05) is 12.1 Å². The Bertz CT molecular complexity index is 622. The van der Waals surface area contributed by atoms with Gasteiger partial charge in [0.25, 0.3) is 0 Å². The van der Waals surface area contributed by atoms with Crippen molar-refractivity contribution in [3.05, 3.63) is 48.3 Å². The highest BCUT2D eigenvalue weighted by molar-refractivity contribution is 5.98. The summed E-state index contributed by atoms with van der Waals surface area (Å²) in [6.45, 7) is 1.78. The molecule has 3 rings (SSSR count). The van der Waals surface area contributed by atoms with Gasteiger partial charge in [-0.05, 0) is 36.6 Å². The predicted octanol–water partition coefficient (Wildman–Crippen LogP) is 1.80. The van der Waals surface area contributed by atoms with Gasteiger partial charge in [-0.15, -0.1) is 12.4 Å². The van der Waals surface area contributed by atoms with Crippen LogP contribution < -0.4 is 11.1 Å². The van der Waals surface area contributed by atoms with Crippen LogP contribution in [0.2, 0.25) is 0 Å². The fourth-order valence-corrected chi connectivity index (χ4v) is 2.49. The number of hydrogen-bond acceptors (Lipinski definition) is 4. The molecule has 1 fully saturated rings. The third kappa shape index (κ3) is 4.31. The smallest absolute Gasteiger partial charge is 0.244 e.